The zero-order chi connectivity index (χ0) is 22.9. The van der Waals surface area contributed by atoms with Crippen LogP contribution in [0.2, 0.25) is 0 Å². The third-order valence-electron chi connectivity index (χ3n) is 6.39. The number of ketones is 1. The fourth-order valence-corrected chi connectivity index (χ4v) is 4.90. The van der Waals surface area contributed by atoms with Gasteiger partial charge in [-0.05, 0) is 41.7 Å². The predicted octanol–water partition coefficient (Wildman–Crippen LogP) is 4.34. The van der Waals surface area contributed by atoms with Crippen molar-refractivity contribution in [2.45, 2.75) is 24.7 Å². The first kappa shape index (κ1) is 20.7. The van der Waals surface area contributed by atoms with Crippen LogP contribution in [-0.2, 0) is 4.79 Å². The molecule has 5 nitrogen and oxygen atoms in total. The number of nitriles is 1. The molecule has 3 N–H and O–H groups in total. The number of anilines is 1. The minimum absolute atomic E-state index is 0.00190. The third-order valence-corrected chi connectivity index (χ3v) is 6.39. The summed E-state index contributed by atoms with van der Waals surface area (Å²) in [6.45, 7) is 0. The van der Waals surface area contributed by atoms with Gasteiger partial charge in [-0.3, -0.25) is 9.69 Å². The minimum atomic E-state index is -0.626. The topological polar surface area (TPSA) is 84.3 Å². The highest BCUT2D eigenvalue weighted by Gasteiger charge is 2.43. The third kappa shape index (κ3) is 3.58. The van der Waals surface area contributed by atoms with Gasteiger partial charge in [0.15, 0.2) is 18.2 Å². The molecule has 0 radical (unpaired) electrons. The lowest BCUT2D eigenvalue weighted by Gasteiger charge is -2.41. The number of aromatic amines is 1. The number of nitrogens with one attached hydrogen (secondary N) is 1. The highest BCUT2D eigenvalue weighted by molar-refractivity contribution is 6.01. The molecule has 2 aromatic carbocycles. The number of halogens is 1. The Morgan fingerprint density at radius 1 is 1.00 bits per heavy atom. The van der Waals surface area contributed by atoms with Crippen molar-refractivity contribution in [1.82, 2.24) is 0 Å². The van der Waals surface area contributed by atoms with Crippen molar-refractivity contribution in [1.29, 1.82) is 5.26 Å². The second kappa shape index (κ2) is 8.36. The molecule has 162 valence electrons. The van der Waals surface area contributed by atoms with Crippen molar-refractivity contribution >= 4 is 11.5 Å². The summed E-state index contributed by atoms with van der Waals surface area (Å²) in [7, 11) is 0. The summed E-state index contributed by atoms with van der Waals surface area (Å²) in [5.41, 5.74) is 10.7. The number of pyridine rings is 1. The maximum Gasteiger partial charge on any atom is 0.191 e. The number of hydrogen-bond acceptors (Lipinski definition) is 4. The Morgan fingerprint density at radius 2 is 1.76 bits per heavy atom. The van der Waals surface area contributed by atoms with E-state index in [4.69, 9.17) is 5.73 Å². The van der Waals surface area contributed by atoms with Crippen LogP contribution in [0.3, 0.4) is 0 Å². The molecule has 1 aromatic heterocycles. The lowest BCUT2D eigenvalue weighted by atomic mass is 9.72. The van der Waals surface area contributed by atoms with Crippen molar-refractivity contribution in [2.75, 3.05) is 4.90 Å². The molecule has 2 unspecified atom stereocenters. The molecular formula is C27H22FN4O+. The highest BCUT2D eigenvalue weighted by Crippen LogP contribution is 2.48. The van der Waals surface area contributed by atoms with Gasteiger partial charge < -0.3 is 5.73 Å². The molecule has 2 heterocycles. The number of allylic oxidation sites excluding steroid dienone is 3. The summed E-state index contributed by atoms with van der Waals surface area (Å²) in [6.07, 6.45) is 4.51. The number of carbonyl (C=O) groups excluding carboxylic acids is 1. The van der Waals surface area contributed by atoms with Crippen LogP contribution in [0.4, 0.5) is 10.1 Å². The average Bonchev–Trinajstić information content (AvgIpc) is 2.85. The normalized spacial score (nSPS) is 20.5. The first-order valence-corrected chi connectivity index (χ1v) is 10.8. The van der Waals surface area contributed by atoms with Crippen molar-refractivity contribution in [3.63, 3.8) is 0 Å². The van der Waals surface area contributed by atoms with Gasteiger partial charge in [-0.25, -0.2) is 9.37 Å². The van der Waals surface area contributed by atoms with Crippen LogP contribution < -0.4 is 15.6 Å². The van der Waals surface area contributed by atoms with E-state index in [2.05, 4.69) is 11.1 Å². The van der Waals surface area contributed by atoms with Crippen molar-refractivity contribution in [3.8, 4) is 6.07 Å². The molecule has 0 saturated heterocycles. The molecule has 0 fully saturated rings. The van der Waals surface area contributed by atoms with Gasteiger partial charge in [0.1, 0.15) is 17.3 Å². The summed E-state index contributed by atoms with van der Waals surface area (Å²) in [6, 6.07) is 21.9. The maximum atomic E-state index is 13.7. The van der Waals surface area contributed by atoms with Crippen LogP contribution in [0.15, 0.2) is 102 Å². The second-order valence-corrected chi connectivity index (χ2v) is 8.29. The lowest BCUT2D eigenvalue weighted by Crippen LogP contribution is -2.40. The summed E-state index contributed by atoms with van der Waals surface area (Å²) in [5.74, 6) is -0.743. The van der Waals surface area contributed by atoms with Crippen molar-refractivity contribution in [3.05, 3.63) is 119 Å². The number of rotatable bonds is 3. The molecule has 3 aromatic rings. The van der Waals surface area contributed by atoms with E-state index < -0.39 is 5.92 Å². The van der Waals surface area contributed by atoms with Crippen LogP contribution in [0.1, 0.15) is 35.8 Å². The second-order valence-electron chi connectivity index (χ2n) is 8.29. The monoisotopic (exact) mass is 437 g/mol. The molecular weight excluding hydrogens is 415 g/mol. The number of aromatic nitrogens is 1. The van der Waals surface area contributed by atoms with Gasteiger partial charge in [-0.2, -0.15) is 5.26 Å². The molecule has 6 heteroatoms. The number of benzene rings is 2. The van der Waals surface area contributed by atoms with Crippen LogP contribution in [-0.4, -0.2) is 5.78 Å². The largest absolute Gasteiger partial charge is 0.384 e. The van der Waals surface area contributed by atoms with E-state index >= 15 is 0 Å². The summed E-state index contributed by atoms with van der Waals surface area (Å²) in [5, 5.41) is 10.1. The predicted molar refractivity (Wildman–Crippen MR) is 122 cm³/mol. The van der Waals surface area contributed by atoms with E-state index in [9.17, 15) is 14.4 Å². The van der Waals surface area contributed by atoms with Gasteiger partial charge in [0, 0.05) is 23.8 Å². The Balaban J connectivity index is 1.72. The number of Topliss-reactive ketones (excluding diaryl/α,β-unsaturated/α-hetero) is 1. The Morgan fingerprint density at radius 3 is 2.42 bits per heavy atom. The zero-order valence-electron chi connectivity index (χ0n) is 17.8. The quantitative estimate of drug-likeness (QED) is 0.661. The molecule has 2 atom stereocenters. The van der Waals surface area contributed by atoms with Crippen molar-refractivity contribution < 1.29 is 14.2 Å². The Labute approximate surface area is 191 Å². The number of nitrogens with zero attached hydrogens (tertiary/aromatic N) is 2. The summed E-state index contributed by atoms with van der Waals surface area (Å²) < 4.78 is 13.6. The van der Waals surface area contributed by atoms with E-state index in [1.807, 2.05) is 47.4 Å². The summed E-state index contributed by atoms with van der Waals surface area (Å²) in [4.78, 5) is 18.5. The van der Waals surface area contributed by atoms with Crippen LogP contribution >= 0.6 is 0 Å². The fraction of sp³-hybridized carbons (Fsp3) is 0.148. The molecule has 1 aliphatic heterocycles. The van der Waals surface area contributed by atoms with E-state index in [1.54, 1.807) is 24.5 Å². The Kier molecular flexibility index (Phi) is 5.23. The van der Waals surface area contributed by atoms with Crippen LogP contribution in [0.5, 0.6) is 0 Å². The molecule has 5 rings (SSSR count). The van der Waals surface area contributed by atoms with Gasteiger partial charge >= 0.3 is 0 Å². The van der Waals surface area contributed by atoms with Crippen molar-refractivity contribution in [2.24, 2.45) is 5.73 Å². The van der Waals surface area contributed by atoms with Crippen LogP contribution in [0, 0.1) is 17.1 Å². The van der Waals surface area contributed by atoms with Gasteiger partial charge in [0.25, 0.3) is 0 Å². The standard InChI is InChI=1S/C27H21FN4O/c28-20-10-8-18(9-11-20)25-22(15-29)27(30)32(21-7-4-12-31-16-21)23-13-19(14-24(33)26(23)25)17-5-2-1-3-6-17/h1-12,16,19,25H,13-14,30H2/p+1. The number of hydrogen-bond donors (Lipinski definition) is 1. The van der Waals surface area contributed by atoms with Crippen LogP contribution in [0.25, 0.3) is 0 Å². The van der Waals surface area contributed by atoms with E-state index in [-0.39, 0.29) is 28.9 Å². The van der Waals surface area contributed by atoms with E-state index in [1.165, 1.54) is 12.1 Å². The number of nitrogens with two attached hydrogens (primary N) is 1. The number of H-pyrrole nitrogens is 1. The Hall–Kier alpha value is -4.24. The molecule has 1 aliphatic carbocycles. The van der Waals surface area contributed by atoms with Gasteiger partial charge in [0.05, 0.1) is 17.6 Å². The molecule has 0 amide bonds. The molecule has 2 aliphatic rings. The SMILES string of the molecule is N#CC1=C(N)N(c2ccc[nH+]c2)C2=C(C(=O)CC(c3ccccc3)C2)C1c1ccc(F)cc1. The maximum absolute atomic E-state index is 13.7. The summed E-state index contributed by atoms with van der Waals surface area (Å²) >= 11 is 0. The average molecular weight is 437 g/mol. The molecule has 0 spiro atoms. The van der Waals surface area contributed by atoms with E-state index in [0.717, 1.165) is 16.9 Å². The highest BCUT2D eigenvalue weighted by atomic mass is 19.1. The van der Waals surface area contributed by atoms with Gasteiger partial charge in [0.2, 0.25) is 0 Å². The zero-order valence-corrected chi connectivity index (χ0v) is 17.8. The minimum Gasteiger partial charge on any atom is -0.384 e. The number of carbonyl (C=O) groups is 1. The van der Waals surface area contributed by atoms with Gasteiger partial charge in [-0.1, -0.05) is 42.5 Å². The molecule has 0 bridgehead atoms. The molecule has 33 heavy (non-hydrogen) atoms. The Bertz CT molecular complexity index is 1310. The molecule has 0 saturated carbocycles. The fourth-order valence-electron chi connectivity index (χ4n) is 4.90. The van der Waals surface area contributed by atoms with Gasteiger partial charge in [-0.15, -0.1) is 0 Å². The smallest absolute Gasteiger partial charge is 0.191 e. The first-order valence-electron chi connectivity index (χ1n) is 10.8. The van der Waals surface area contributed by atoms with E-state index in [0.29, 0.717) is 24.0 Å². The first-order chi connectivity index (χ1) is 16.1. The lowest BCUT2D eigenvalue weighted by molar-refractivity contribution is -0.377.